The molecule has 2 rings (SSSR count). The maximum Gasteiger partial charge on any atom is 0.194 e. The molecule has 1 heterocycles. The first-order valence-electron chi connectivity index (χ1n) is 8.86. The van der Waals surface area contributed by atoms with Crippen LogP contribution in [-0.4, -0.2) is 57.4 Å². The van der Waals surface area contributed by atoms with Crippen molar-refractivity contribution >= 4 is 5.96 Å². The van der Waals surface area contributed by atoms with Gasteiger partial charge in [-0.3, -0.25) is 4.99 Å². The molecule has 0 spiro atoms. The number of aryl methyl sites for hydroxylation is 2. The summed E-state index contributed by atoms with van der Waals surface area (Å²) in [6.45, 7) is 11.2. The third kappa shape index (κ3) is 5.21. The molecule has 1 atom stereocenters. The van der Waals surface area contributed by atoms with Crippen LogP contribution in [0.25, 0.3) is 0 Å². The molecule has 1 aromatic carbocycles. The molecule has 134 valence electrons. The zero-order chi connectivity index (χ0) is 17.4. The molecule has 1 fully saturated rings. The van der Waals surface area contributed by atoms with Crippen molar-refractivity contribution in [2.45, 2.75) is 33.3 Å². The number of rotatable bonds is 6. The van der Waals surface area contributed by atoms with Crippen molar-refractivity contribution in [1.82, 2.24) is 10.2 Å². The molecule has 0 aromatic heterocycles. The lowest BCUT2D eigenvalue weighted by atomic mass is 10.00. The predicted octanol–water partition coefficient (Wildman–Crippen LogP) is 2.68. The van der Waals surface area contributed by atoms with E-state index in [2.05, 4.69) is 49.2 Å². The monoisotopic (exact) mass is 333 g/mol. The molecule has 24 heavy (non-hydrogen) atoms. The van der Waals surface area contributed by atoms with Gasteiger partial charge in [0.25, 0.3) is 0 Å². The van der Waals surface area contributed by atoms with Gasteiger partial charge in [-0.2, -0.15) is 0 Å². The highest BCUT2D eigenvalue weighted by Gasteiger charge is 2.25. The molecule has 0 amide bonds. The second-order valence-corrected chi connectivity index (χ2v) is 6.25. The Morgan fingerprint density at radius 3 is 2.96 bits per heavy atom. The first-order chi connectivity index (χ1) is 11.7. The van der Waals surface area contributed by atoms with E-state index in [9.17, 15) is 0 Å². The number of hydrogen-bond donors (Lipinski definition) is 1. The molecular formula is C19H31N3O2. The number of hydrogen-bond acceptors (Lipinski definition) is 3. The van der Waals surface area contributed by atoms with Crippen LogP contribution in [0.3, 0.4) is 0 Å². The summed E-state index contributed by atoms with van der Waals surface area (Å²) in [5.41, 5.74) is 3.86. The molecule has 0 bridgehead atoms. The van der Waals surface area contributed by atoms with Crippen molar-refractivity contribution in [1.29, 1.82) is 0 Å². The summed E-state index contributed by atoms with van der Waals surface area (Å²) in [5.74, 6) is 0.978. The standard InChI is InChI=1S/C19H31N3O2/c1-5-20-19(21-9-6-11-23-4)22-10-12-24-18(14-22)17-8-7-15(2)13-16(17)3/h7-8,13,18H,5-6,9-12,14H2,1-4H3,(H,20,21). The number of nitrogens with zero attached hydrogens (tertiary/aromatic N) is 2. The number of ether oxygens (including phenoxy) is 2. The van der Waals surface area contributed by atoms with Gasteiger partial charge in [-0.25, -0.2) is 0 Å². The van der Waals surface area contributed by atoms with Gasteiger partial charge in [0.2, 0.25) is 0 Å². The number of guanidine groups is 1. The Kier molecular flexibility index (Phi) is 7.53. The molecule has 1 N–H and O–H groups in total. The number of nitrogens with one attached hydrogen (secondary N) is 1. The largest absolute Gasteiger partial charge is 0.385 e. The van der Waals surface area contributed by atoms with Gasteiger partial charge in [0.05, 0.1) is 13.2 Å². The number of benzene rings is 1. The van der Waals surface area contributed by atoms with E-state index in [-0.39, 0.29) is 6.10 Å². The van der Waals surface area contributed by atoms with E-state index >= 15 is 0 Å². The van der Waals surface area contributed by atoms with Gasteiger partial charge in [-0.05, 0) is 38.3 Å². The van der Waals surface area contributed by atoms with Crippen LogP contribution in [-0.2, 0) is 9.47 Å². The minimum absolute atomic E-state index is 0.0992. The van der Waals surface area contributed by atoms with Crippen LogP contribution in [0.5, 0.6) is 0 Å². The molecule has 1 unspecified atom stereocenters. The zero-order valence-corrected chi connectivity index (χ0v) is 15.5. The lowest BCUT2D eigenvalue weighted by Crippen LogP contribution is -2.48. The molecule has 1 aliphatic heterocycles. The molecule has 1 saturated heterocycles. The highest BCUT2D eigenvalue weighted by molar-refractivity contribution is 5.80. The molecule has 1 aromatic rings. The minimum atomic E-state index is 0.0992. The number of aliphatic imine (C=N–C) groups is 1. The maximum atomic E-state index is 6.04. The van der Waals surface area contributed by atoms with Gasteiger partial charge in [-0.15, -0.1) is 0 Å². The van der Waals surface area contributed by atoms with Crippen LogP contribution in [0.15, 0.2) is 23.2 Å². The van der Waals surface area contributed by atoms with Gasteiger partial charge >= 0.3 is 0 Å². The Morgan fingerprint density at radius 2 is 2.25 bits per heavy atom. The van der Waals surface area contributed by atoms with Crippen LogP contribution >= 0.6 is 0 Å². The van der Waals surface area contributed by atoms with Gasteiger partial charge in [0.15, 0.2) is 5.96 Å². The fraction of sp³-hybridized carbons (Fsp3) is 0.632. The van der Waals surface area contributed by atoms with Crippen molar-refractivity contribution < 1.29 is 9.47 Å². The van der Waals surface area contributed by atoms with Gasteiger partial charge in [0.1, 0.15) is 6.10 Å². The normalized spacial score (nSPS) is 18.8. The lowest BCUT2D eigenvalue weighted by molar-refractivity contribution is -0.00834. The van der Waals surface area contributed by atoms with E-state index in [4.69, 9.17) is 14.5 Å². The molecule has 1 aliphatic rings. The Morgan fingerprint density at radius 1 is 1.42 bits per heavy atom. The molecule has 0 aliphatic carbocycles. The fourth-order valence-corrected chi connectivity index (χ4v) is 3.04. The highest BCUT2D eigenvalue weighted by Crippen LogP contribution is 2.25. The van der Waals surface area contributed by atoms with E-state index in [1.165, 1.54) is 16.7 Å². The van der Waals surface area contributed by atoms with E-state index in [1.807, 2.05) is 0 Å². The summed E-state index contributed by atoms with van der Waals surface area (Å²) in [6, 6.07) is 6.58. The van der Waals surface area contributed by atoms with Crippen molar-refractivity contribution in [3.8, 4) is 0 Å². The molecule has 0 radical (unpaired) electrons. The zero-order valence-electron chi connectivity index (χ0n) is 15.5. The Balaban J connectivity index is 2.06. The maximum absolute atomic E-state index is 6.04. The van der Waals surface area contributed by atoms with Crippen molar-refractivity contribution in [3.05, 3.63) is 34.9 Å². The van der Waals surface area contributed by atoms with E-state index in [0.717, 1.165) is 51.8 Å². The Labute approximate surface area is 146 Å². The van der Waals surface area contributed by atoms with Crippen LogP contribution in [0.2, 0.25) is 0 Å². The average molecular weight is 333 g/mol. The quantitative estimate of drug-likeness (QED) is 0.494. The number of methoxy groups -OCH3 is 1. The van der Waals surface area contributed by atoms with Crippen molar-refractivity contribution in [2.75, 3.05) is 46.5 Å². The van der Waals surface area contributed by atoms with Crippen LogP contribution in [0, 0.1) is 13.8 Å². The summed E-state index contributed by atoms with van der Waals surface area (Å²) in [4.78, 5) is 7.04. The molecule has 0 saturated carbocycles. The van der Waals surface area contributed by atoms with E-state index < -0.39 is 0 Å². The van der Waals surface area contributed by atoms with Gasteiger partial charge in [0, 0.05) is 33.4 Å². The molecular weight excluding hydrogens is 302 g/mol. The molecule has 5 heteroatoms. The second-order valence-electron chi connectivity index (χ2n) is 6.25. The molecule has 5 nitrogen and oxygen atoms in total. The van der Waals surface area contributed by atoms with Crippen LogP contribution in [0.4, 0.5) is 0 Å². The third-order valence-corrected chi connectivity index (χ3v) is 4.24. The van der Waals surface area contributed by atoms with E-state index in [1.54, 1.807) is 7.11 Å². The summed E-state index contributed by atoms with van der Waals surface area (Å²) in [5, 5.41) is 3.40. The topological polar surface area (TPSA) is 46.1 Å². The van der Waals surface area contributed by atoms with E-state index in [0.29, 0.717) is 0 Å². The summed E-state index contributed by atoms with van der Waals surface area (Å²) >= 11 is 0. The first-order valence-corrected chi connectivity index (χ1v) is 8.86. The summed E-state index contributed by atoms with van der Waals surface area (Å²) < 4.78 is 11.1. The second kappa shape index (κ2) is 9.64. The number of morpholine rings is 1. The summed E-state index contributed by atoms with van der Waals surface area (Å²) in [6.07, 6.45) is 1.04. The van der Waals surface area contributed by atoms with Crippen molar-refractivity contribution in [3.63, 3.8) is 0 Å². The first kappa shape index (κ1) is 18.7. The third-order valence-electron chi connectivity index (χ3n) is 4.24. The fourth-order valence-electron chi connectivity index (χ4n) is 3.04. The van der Waals surface area contributed by atoms with Gasteiger partial charge in [-0.1, -0.05) is 23.8 Å². The predicted molar refractivity (Wildman–Crippen MR) is 98.7 cm³/mol. The minimum Gasteiger partial charge on any atom is -0.385 e. The summed E-state index contributed by atoms with van der Waals surface area (Å²) in [7, 11) is 1.73. The van der Waals surface area contributed by atoms with Gasteiger partial charge < -0.3 is 19.7 Å². The SMILES string of the molecule is CCNC(=NCCCOC)N1CCOC(c2ccc(C)cc2C)C1. The smallest absolute Gasteiger partial charge is 0.194 e. The average Bonchev–Trinajstić information content (AvgIpc) is 2.58. The van der Waals surface area contributed by atoms with Crippen LogP contribution in [0.1, 0.15) is 36.1 Å². The lowest BCUT2D eigenvalue weighted by Gasteiger charge is -2.36. The van der Waals surface area contributed by atoms with Crippen LogP contribution < -0.4 is 5.32 Å². The Hall–Kier alpha value is -1.59. The van der Waals surface area contributed by atoms with Crippen molar-refractivity contribution in [2.24, 2.45) is 4.99 Å². The Bertz CT molecular complexity index is 545. The highest BCUT2D eigenvalue weighted by atomic mass is 16.5.